The number of fused-ring (bicyclic) bond motifs is 3. The monoisotopic (exact) mass is 240 g/mol. The summed E-state index contributed by atoms with van der Waals surface area (Å²) in [5.74, 6) is 0.589. The molecule has 1 heterocycles. The first-order valence-electron chi connectivity index (χ1n) is 6.09. The Morgan fingerprint density at radius 3 is 2.53 bits per heavy atom. The molecule has 0 radical (unpaired) electrons. The molecule has 1 heteroatoms. The van der Waals surface area contributed by atoms with Crippen LogP contribution in [0.15, 0.2) is 36.4 Å². The van der Waals surface area contributed by atoms with Gasteiger partial charge in [0.2, 0.25) is 0 Å². The Balaban J connectivity index is 2.54. The molecule has 0 amide bonds. The van der Waals surface area contributed by atoms with Gasteiger partial charge in [-0.3, -0.25) is 0 Å². The normalized spacial score (nSPS) is 11.8. The molecule has 0 nitrogen and oxygen atoms in total. The number of rotatable bonds is 1. The minimum atomic E-state index is 0.589. The fraction of sp³-hybridized carbons (Fsp3) is 0.250. The van der Waals surface area contributed by atoms with Crippen LogP contribution < -0.4 is 0 Å². The average molecular weight is 240 g/mol. The second-order valence-electron chi connectivity index (χ2n) is 4.93. The van der Waals surface area contributed by atoms with Crippen LogP contribution in [0.5, 0.6) is 0 Å². The summed E-state index contributed by atoms with van der Waals surface area (Å²) in [6, 6.07) is 13.3. The molecule has 2 aromatic carbocycles. The molecule has 0 N–H and O–H groups in total. The summed E-state index contributed by atoms with van der Waals surface area (Å²) >= 11 is 1.93. The van der Waals surface area contributed by atoms with E-state index in [1.807, 2.05) is 11.3 Å². The molecule has 0 spiro atoms. The van der Waals surface area contributed by atoms with Crippen molar-refractivity contribution < 1.29 is 0 Å². The molecule has 86 valence electrons. The van der Waals surface area contributed by atoms with Crippen molar-refractivity contribution in [2.45, 2.75) is 26.7 Å². The van der Waals surface area contributed by atoms with Crippen molar-refractivity contribution in [2.75, 3.05) is 0 Å². The first-order chi connectivity index (χ1) is 8.18. The molecule has 0 aliphatic heterocycles. The molecule has 0 bridgehead atoms. The lowest BCUT2D eigenvalue weighted by Crippen LogP contribution is -1.88. The van der Waals surface area contributed by atoms with E-state index in [0.717, 1.165) is 0 Å². The fourth-order valence-corrected chi connectivity index (χ4v) is 3.91. The van der Waals surface area contributed by atoms with Crippen LogP contribution in [0.1, 0.15) is 30.9 Å². The second kappa shape index (κ2) is 3.85. The number of benzene rings is 2. The van der Waals surface area contributed by atoms with Crippen LogP contribution in [0.4, 0.5) is 0 Å². The lowest BCUT2D eigenvalue weighted by Gasteiger charge is -2.08. The van der Waals surface area contributed by atoms with Crippen LogP contribution in [-0.2, 0) is 0 Å². The first-order valence-corrected chi connectivity index (χ1v) is 6.91. The van der Waals surface area contributed by atoms with Crippen LogP contribution in [0.2, 0.25) is 0 Å². The van der Waals surface area contributed by atoms with Crippen molar-refractivity contribution in [3.8, 4) is 0 Å². The highest BCUT2D eigenvalue weighted by Gasteiger charge is 2.12. The zero-order valence-electron chi connectivity index (χ0n) is 10.4. The zero-order valence-corrected chi connectivity index (χ0v) is 11.3. The Morgan fingerprint density at radius 2 is 1.76 bits per heavy atom. The van der Waals surface area contributed by atoms with Gasteiger partial charge in [0.1, 0.15) is 0 Å². The van der Waals surface area contributed by atoms with Gasteiger partial charge in [-0.1, -0.05) is 44.2 Å². The van der Waals surface area contributed by atoms with Gasteiger partial charge in [0, 0.05) is 20.2 Å². The van der Waals surface area contributed by atoms with Gasteiger partial charge < -0.3 is 0 Å². The third-order valence-electron chi connectivity index (χ3n) is 3.39. The molecule has 0 unspecified atom stereocenters. The summed E-state index contributed by atoms with van der Waals surface area (Å²) < 4.78 is 2.87. The number of hydrogen-bond acceptors (Lipinski definition) is 1. The minimum Gasteiger partial charge on any atom is -0.135 e. The van der Waals surface area contributed by atoms with E-state index in [9.17, 15) is 0 Å². The van der Waals surface area contributed by atoms with Gasteiger partial charge in [0.15, 0.2) is 0 Å². The molecule has 1 aromatic heterocycles. The van der Waals surface area contributed by atoms with E-state index in [0.29, 0.717) is 5.92 Å². The van der Waals surface area contributed by atoms with Gasteiger partial charge in [0.25, 0.3) is 0 Å². The third kappa shape index (κ3) is 1.57. The second-order valence-corrected chi connectivity index (χ2v) is 5.98. The fourth-order valence-electron chi connectivity index (χ4n) is 2.47. The quantitative estimate of drug-likeness (QED) is 0.528. The summed E-state index contributed by atoms with van der Waals surface area (Å²) in [7, 11) is 0. The predicted octanol–water partition coefficient (Wildman–Crippen LogP) is 5.49. The van der Waals surface area contributed by atoms with Crippen molar-refractivity contribution in [3.63, 3.8) is 0 Å². The largest absolute Gasteiger partial charge is 0.135 e. The maximum absolute atomic E-state index is 2.29. The summed E-state index contributed by atoms with van der Waals surface area (Å²) in [5, 5.41) is 2.87. The van der Waals surface area contributed by atoms with Gasteiger partial charge in [-0.25, -0.2) is 0 Å². The van der Waals surface area contributed by atoms with Crippen LogP contribution >= 0.6 is 11.3 Å². The first kappa shape index (κ1) is 10.8. The van der Waals surface area contributed by atoms with Gasteiger partial charge in [-0.05, 0) is 30.0 Å². The van der Waals surface area contributed by atoms with Crippen LogP contribution in [-0.4, -0.2) is 0 Å². The van der Waals surface area contributed by atoms with Crippen molar-refractivity contribution in [3.05, 3.63) is 47.5 Å². The SMILES string of the molecule is Cc1ccc(C(C)C)c2sc3ccccc3c12. The molecule has 17 heavy (non-hydrogen) atoms. The van der Waals surface area contributed by atoms with Crippen LogP contribution in [0, 0.1) is 6.92 Å². The molecule has 0 aliphatic rings. The van der Waals surface area contributed by atoms with E-state index < -0.39 is 0 Å². The van der Waals surface area contributed by atoms with Crippen molar-refractivity contribution >= 4 is 31.5 Å². The maximum atomic E-state index is 2.29. The molecule has 0 atom stereocenters. The van der Waals surface area contributed by atoms with Crippen molar-refractivity contribution in [2.24, 2.45) is 0 Å². The average Bonchev–Trinajstić information content (AvgIpc) is 2.68. The van der Waals surface area contributed by atoms with E-state index in [2.05, 4.69) is 57.2 Å². The van der Waals surface area contributed by atoms with E-state index in [-0.39, 0.29) is 0 Å². The zero-order chi connectivity index (χ0) is 12.0. The molecule has 0 saturated carbocycles. The summed E-state index contributed by atoms with van der Waals surface area (Å²) in [5.41, 5.74) is 2.87. The lowest BCUT2D eigenvalue weighted by molar-refractivity contribution is 0.878. The molecular formula is C16H16S. The highest BCUT2D eigenvalue weighted by atomic mass is 32.1. The van der Waals surface area contributed by atoms with E-state index >= 15 is 0 Å². The lowest BCUT2D eigenvalue weighted by atomic mass is 9.98. The van der Waals surface area contributed by atoms with Gasteiger partial charge in [0.05, 0.1) is 0 Å². The summed E-state index contributed by atoms with van der Waals surface area (Å²) in [6.07, 6.45) is 0. The Hall–Kier alpha value is -1.34. The van der Waals surface area contributed by atoms with Crippen molar-refractivity contribution in [1.29, 1.82) is 0 Å². The van der Waals surface area contributed by atoms with E-state index in [4.69, 9.17) is 0 Å². The molecule has 3 rings (SSSR count). The highest BCUT2D eigenvalue weighted by Crippen LogP contribution is 2.39. The van der Waals surface area contributed by atoms with Crippen LogP contribution in [0.25, 0.3) is 20.2 Å². The summed E-state index contributed by atoms with van der Waals surface area (Å²) in [6.45, 7) is 6.76. The highest BCUT2D eigenvalue weighted by molar-refractivity contribution is 7.26. The third-order valence-corrected chi connectivity index (χ3v) is 4.61. The smallest absolute Gasteiger partial charge is 0.0392 e. The Bertz CT molecular complexity index is 689. The van der Waals surface area contributed by atoms with Gasteiger partial charge in [-0.15, -0.1) is 11.3 Å². The summed E-state index contributed by atoms with van der Waals surface area (Å²) in [4.78, 5) is 0. The van der Waals surface area contributed by atoms with Crippen LogP contribution in [0.3, 0.4) is 0 Å². The standard InChI is InChI=1S/C16H16S/c1-10(2)12-9-8-11(3)15-13-6-4-5-7-14(13)17-16(12)15/h4-10H,1-3H3. The predicted molar refractivity (Wildman–Crippen MR) is 78.2 cm³/mol. The Labute approximate surface area is 106 Å². The number of hydrogen-bond donors (Lipinski definition) is 0. The molecule has 3 aromatic rings. The Kier molecular flexibility index (Phi) is 2.44. The number of aryl methyl sites for hydroxylation is 1. The minimum absolute atomic E-state index is 0.589. The topological polar surface area (TPSA) is 0 Å². The number of thiophene rings is 1. The van der Waals surface area contributed by atoms with Gasteiger partial charge in [-0.2, -0.15) is 0 Å². The molecular weight excluding hydrogens is 224 g/mol. The van der Waals surface area contributed by atoms with Crippen molar-refractivity contribution in [1.82, 2.24) is 0 Å². The molecule has 0 aliphatic carbocycles. The Morgan fingerprint density at radius 1 is 1.00 bits per heavy atom. The molecule has 0 fully saturated rings. The molecule has 0 saturated heterocycles. The van der Waals surface area contributed by atoms with E-state index in [1.165, 1.54) is 31.3 Å². The maximum Gasteiger partial charge on any atom is 0.0392 e. The van der Waals surface area contributed by atoms with E-state index in [1.54, 1.807) is 0 Å². The van der Waals surface area contributed by atoms with Gasteiger partial charge >= 0.3 is 0 Å².